The van der Waals surface area contributed by atoms with E-state index in [1.165, 1.54) is 48.5 Å². The molecule has 0 aliphatic rings. The Morgan fingerprint density at radius 1 is 1.03 bits per heavy atom. The first-order valence-corrected chi connectivity index (χ1v) is 8.60. The van der Waals surface area contributed by atoms with Crippen LogP contribution in [0.1, 0.15) is 27.2 Å². The van der Waals surface area contributed by atoms with Crippen LogP contribution in [0.25, 0.3) is 5.69 Å². The monoisotopic (exact) mass is 404 g/mol. The highest BCUT2D eigenvalue weighted by Crippen LogP contribution is 2.30. The zero-order valence-corrected chi connectivity index (χ0v) is 15.3. The molecular weight excluding hydrogens is 388 g/mol. The average molecular weight is 404 g/mol. The predicted molar refractivity (Wildman–Crippen MR) is 99.3 cm³/mol. The van der Waals surface area contributed by atoms with Crippen molar-refractivity contribution in [1.82, 2.24) is 9.88 Å². The molecular formula is C21H16F4N2O2. The fourth-order valence-electron chi connectivity index (χ4n) is 2.83. The van der Waals surface area contributed by atoms with E-state index in [-0.39, 0.29) is 17.8 Å². The number of aromatic nitrogens is 1. The van der Waals surface area contributed by atoms with E-state index >= 15 is 0 Å². The van der Waals surface area contributed by atoms with E-state index in [0.717, 1.165) is 16.7 Å². The predicted octanol–water partition coefficient (Wildman–Crippen LogP) is 4.23. The van der Waals surface area contributed by atoms with Crippen molar-refractivity contribution in [3.05, 3.63) is 99.2 Å². The topological polar surface area (TPSA) is 51.1 Å². The molecule has 1 amide bonds. The van der Waals surface area contributed by atoms with Gasteiger partial charge in [-0.05, 0) is 55.0 Å². The van der Waals surface area contributed by atoms with Crippen molar-refractivity contribution in [2.45, 2.75) is 19.6 Å². The van der Waals surface area contributed by atoms with Crippen LogP contribution in [0.5, 0.6) is 0 Å². The lowest BCUT2D eigenvalue weighted by atomic mass is 10.1. The van der Waals surface area contributed by atoms with Gasteiger partial charge in [0.2, 0.25) is 0 Å². The van der Waals surface area contributed by atoms with Crippen LogP contribution in [0.4, 0.5) is 17.6 Å². The molecule has 1 aromatic heterocycles. The number of hydrogen-bond donors (Lipinski definition) is 1. The molecule has 0 saturated heterocycles. The first-order chi connectivity index (χ1) is 13.7. The van der Waals surface area contributed by atoms with Crippen molar-refractivity contribution in [3.63, 3.8) is 0 Å². The Kier molecular flexibility index (Phi) is 5.54. The van der Waals surface area contributed by atoms with Gasteiger partial charge in [0, 0.05) is 17.9 Å². The van der Waals surface area contributed by atoms with Gasteiger partial charge in [-0.1, -0.05) is 18.2 Å². The number of hydrogen-bond acceptors (Lipinski definition) is 2. The minimum Gasteiger partial charge on any atom is -0.348 e. The minimum atomic E-state index is -4.56. The van der Waals surface area contributed by atoms with E-state index in [2.05, 4.69) is 5.32 Å². The van der Waals surface area contributed by atoms with E-state index in [4.69, 9.17) is 0 Å². The summed E-state index contributed by atoms with van der Waals surface area (Å²) < 4.78 is 53.0. The summed E-state index contributed by atoms with van der Waals surface area (Å²) in [6.07, 6.45) is -4.56. The summed E-state index contributed by atoms with van der Waals surface area (Å²) in [5.74, 6) is -1.09. The Hall–Kier alpha value is -3.42. The third-order valence-corrected chi connectivity index (χ3v) is 4.32. The number of carbonyl (C=O) groups excluding carboxylic acids is 1. The summed E-state index contributed by atoms with van der Waals surface area (Å²) in [5.41, 5.74) is -0.825. The molecule has 3 aromatic rings. The van der Waals surface area contributed by atoms with Gasteiger partial charge >= 0.3 is 6.18 Å². The SMILES string of the molecule is Cc1ccc(C(=O)NCc2ccc(F)cc2)c(=O)n1-c1cccc(C(F)(F)F)c1. The quantitative estimate of drug-likeness (QED) is 0.662. The summed E-state index contributed by atoms with van der Waals surface area (Å²) in [6, 6.07) is 12.6. The third-order valence-electron chi connectivity index (χ3n) is 4.32. The van der Waals surface area contributed by atoms with Crippen molar-refractivity contribution in [2.24, 2.45) is 0 Å². The lowest BCUT2D eigenvalue weighted by Crippen LogP contribution is -2.33. The van der Waals surface area contributed by atoms with Crippen LogP contribution in [0.3, 0.4) is 0 Å². The van der Waals surface area contributed by atoms with Crippen LogP contribution >= 0.6 is 0 Å². The van der Waals surface area contributed by atoms with Crippen molar-refractivity contribution in [3.8, 4) is 5.69 Å². The molecule has 150 valence electrons. The zero-order chi connectivity index (χ0) is 21.2. The molecule has 1 N–H and O–H groups in total. The van der Waals surface area contributed by atoms with Crippen molar-refractivity contribution < 1.29 is 22.4 Å². The zero-order valence-electron chi connectivity index (χ0n) is 15.3. The molecule has 1 heterocycles. The molecule has 29 heavy (non-hydrogen) atoms. The van der Waals surface area contributed by atoms with Crippen LogP contribution in [0.2, 0.25) is 0 Å². The molecule has 0 saturated carbocycles. The molecule has 0 aliphatic heterocycles. The van der Waals surface area contributed by atoms with Crippen LogP contribution < -0.4 is 10.9 Å². The Bertz CT molecular complexity index is 1100. The molecule has 0 spiro atoms. The third kappa shape index (κ3) is 4.53. The van der Waals surface area contributed by atoms with Gasteiger partial charge in [-0.3, -0.25) is 14.2 Å². The average Bonchev–Trinajstić information content (AvgIpc) is 2.67. The molecule has 0 fully saturated rings. The minimum absolute atomic E-state index is 0.00973. The first kappa shape index (κ1) is 20.3. The van der Waals surface area contributed by atoms with E-state index in [0.29, 0.717) is 11.3 Å². The maximum Gasteiger partial charge on any atom is 0.416 e. The number of pyridine rings is 1. The Morgan fingerprint density at radius 2 is 1.72 bits per heavy atom. The van der Waals surface area contributed by atoms with Crippen molar-refractivity contribution in [1.29, 1.82) is 0 Å². The molecule has 0 bridgehead atoms. The lowest BCUT2D eigenvalue weighted by Gasteiger charge is -2.14. The molecule has 4 nitrogen and oxygen atoms in total. The first-order valence-electron chi connectivity index (χ1n) is 8.60. The Morgan fingerprint density at radius 3 is 2.38 bits per heavy atom. The number of rotatable bonds is 4. The fraction of sp³-hybridized carbons (Fsp3) is 0.143. The van der Waals surface area contributed by atoms with Crippen LogP contribution in [0, 0.1) is 12.7 Å². The number of nitrogens with one attached hydrogen (secondary N) is 1. The lowest BCUT2D eigenvalue weighted by molar-refractivity contribution is -0.137. The maximum atomic E-state index is 13.0. The maximum absolute atomic E-state index is 13.0. The normalized spacial score (nSPS) is 11.3. The van der Waals surface area contributed by atoms with Gasteiger partial charge in [0.05, 0.1) is 5.56 Å². The van der Waals surface area contributed by atoms with E-state index in [9.17, 15) is 27.2 Å². The number of carbonyl (C=O) groups is 1. The van der Waals surface area contributed by atoms with E-state index in [1.807, 2.05) is 0 Å². The van der Waals surface area contributed by atoms with Gasteiger partial charge in [-0.25, -0.2) is 4.39 Å². The van der Waals surface area contributed by atoms with Gasteiger partial charge in [0.15, 0.2) is 0 Å². The highest BCUT2D eigenvalue weighted by Gasteiger charge is 2.30. The van der Waals surface area contributed by atoms with E-state index < -0.39 is 29.0 Å². The van der Waals surface area contributed by atoms with Crippen LogP contribution in [-0.2, 0) is 12.7 Å². The van der Waals surface area contributed by atoms with Crippen molar-refractivity contribution >= 4 is 5.91 Å². The number of aryl methyl sites for hydroxylation is 1. The van der Waals surface area contributed by atoms with E-state index in [1.54, 1.807) is 6.92 Å². The Labute approximate surface area is 163 Å². The summed E-state index contributed by atoms with van der Waals surface area (Å²) in [6.45, 7) is 1.62. The summed E-state index contributed by atoms with van der Waals surface area (Å²) >= 11 is 0. The van der Waals surface area contributed by atoms with Gasteiger partial charge in [-0.15, -0.1) is 0 Å². The number of halogens is 4. The van der Waals surface area contributed by atoms with Gasteiger partial charge in [0.25, 0.3) is 11.5 Å². The second-order valence-electron chi connectivity index (χ2n) is 6.39. The molecule has 2 aromatic carbocycles. The highest BCUT2D eigenvalue weighted by atomic mass is 19.4. The number of amides is 1. The number of alkyl halides is 3. The van der Waals surface area contributed by atoms with Crippen LogP contribution in [0.15, 0.2) is 65.5 Å². The second kappa shape index (κ2) is 7.90. The fourth-order valence-corrected chi connectivity index (χ4v) is 2.83. The highest BCUT2D eigenvalue weighted by molar-refractivity contribution is 5.93. The number of benzene rings is 2. The van der Waals surface area contributed by atoms with Crippen LogP contribution in [-0.4, -0.2) is 10.5 Å². The standard InChI is InChI=1S/C21H16F4N2O2/c1-13-5-10-18(19(28)26-12-14-6-8-16(22)9-7-14)20(29)27(13)17-4-2-3-15(11-17)21(23,24)25/h2-11H,12H2,1H3,(H,26,28). The number of nitrogens with zero attached hydrogens (tertiary/aromatic N) is 1. The Balaban J connectivity index is 1.92. The van der Waals surface area contributed by atoms with Gasteiger partial charge in [0.1, 0.15) is 11.4 Å². The molecule has 8 heteroatoms. The van der Waals surface area contributed by atoms with Crippen molar-refractivity contribution in [2.75, 3.05) is 0 Å². The molecule has 0 aliphatic carbocycles. The second-order valence-corrected chi connectivity index (χ2v) is 6.39. The van der Waals surface area contributed by atoms with Gasteiger partial charge in [-0.2, -0.15) is 13.2 Å². The molecule has 0 unspecified atom stereocenters. The molecule has 0 radical (unpaired) electrons. The summed E-state index contributed by atoms with van der Waals surface area (Å²) in [5, 5.41) is 2.55. The molecule has 3 rings (SSSR count). The van der Waals surface area contributed by atoms with Gasteiger partial charge < -0.3 is 5.32 Å². The summed E-state index contributed by atoms with van der Waals surface area (Å²) in [7, 11) is 0. The molecule has 0 atom stereocenters. The smallest absolute Gasteiger partial charge is 0.348 e. The summed E-state index contributed by atoms with van der Waals surface area (Å²) in [4.78, 5) is 25.3. The largest absolute Gasteiger partial charge is 0.416 e.